The maximum absolute atomic E-state index is 13.1. The van der Waals surface area contributed by atoms with Crippen LogP contribution >= 0.6 is 0 Å². The highest BCUT2D eigenvalue weighted by Crippen LogP contribution is 2.35. The largest absolute Gasteiger partial charge is 0.342 e. The molecule has 3 rings (SSSR count). The molecule has 0 radical (unpaired) electrons. The minimum Gasteiger partial charge on any atom is -0.342 e. The molecule has 4 nitrogen and oxygen atoms in total. The van der Waals surface area contributed by atoms with E-state index in [4.69, 9.17) is 0 Å². The van der Waals surface area contributed by atoms with Crippen LogP contribution in [-0.2, 0) is 9.59 Å². The smallest absolute Gasteiger partial charge is 0.228 e. The third-order valence-electron chi connectivity index (χ3n) is 5.32. The zero-order valence-electron chi connectivity index (χ0n) is 15.7. The van der Waals surface area contributed by atoms with Crippen LogP contribution in [0.25, 0.3) is 0 Å². The summed E-state index contributed by atoms with van der Waals surface area (Å²) in [6, 6.07) is 10.2. The van der Waals surface area contributed by atoms with Crippen molar-refractivity contribution in [1.82, 2.24) is 9.80 Å². The maximum atomic E-state index is 13.1. The van der Waals surface area contributed by atoms with Crippen molar-refractivity contribution < 1.29 is 9.59 Å². The summed E-state index contributed by atoms with van der Waals surface area (Å²) in [4.78, 5) is 29.7. The highest BCUT2D eigenvalue weighted by molar-refractivity contribution is 5.83. The number of carbonyl (C=O) groups excluding carboxylic acids is 2. The highest BCUT2D eigenvalue weighted by atomic mass is 16.2. The number of amides is 2. The lowest BCUT2D eigenvalue weighted by molar-refractivity contribution is -0.135. The molecule has 0 aromatic heterocycles. The van der Waals surface area contributed by atoms with Crippen molar-refractivity contribution in [2.24, 2.45) is 11.3 Å². The number of hydrogen-bond donors (Lipinski definition) is 0. The molecule has 4 heteroatoms. The molecule has 0 N–H and O–H groups in total. The maximum Gasteiger partial charge on any atom is 0.228 e. The van der Waals surface area contributed by atoms with Gasteiger partial charge in [0.25, 0.3) is 0 Å². The minimum atomic E-state index is -0.107. The molecule has 2 saturated heterocycles. The van der Waals surface area contributed by atoms with Gasteiger partial charge in [-0.3, -0.25) is 9.59 Å². The van der Waals surface area contributed by atoms with Gasteiger partial charge in [0.2, 0.25) is 11.8 Å². The lowest BCUT2D eigenvalue weighted by Gasteiger charge is -2.24. The molecule has 2 atom stereocenters. The van der Waals surface area contributed by atoms with Crippen LogP contribution < -0.4 is 0 Å². The van der Waals surface area contributed by atoms with Gasteiger partial charge in [-0.05, 0) is 23.8 Å². The molecule has 0 saturated carbocycles. The van der Waals surface area contributed by atoms with Gasteiger partial charge >= 0.3 is 0 Å². The first-order chi connectivity index (χ1) is 11.8. The molecule has 2 aliphatic heterocycles. The van der Waals surface area contributed by atoms with E-state index in [1.165, 1.54) is 5.56 Å². The van der Waals surface area contributed by atoms with Gasteiger partial charge in [-0.2, -0.15) is 0 Å². The average Bonchev–Trinajstić information content (AvgIpc) is 3.23. The standard InChI is InChI=1S/C21H30N2O2/c1-21(2,3)13-19(24)23-14-17(16-9-5-4-6-10-16)18(15-23)20(25)22-11-7-8-12-22/h4-6,9-10,17-18H,7-8,11-15H2,1-3H3/t17-,18-/m1/s1. The predicted octanol–water partition coefficient (Wildman–Crippen LogP) is 3.29. The van der Waals surface area contributed by atoms with E-state index in [1.807, 2.05) is 28.0 Å². The summed E-state index contributed by atoms with van der Waals surface area (Å²) in [6.07, 6.45) is 2.72. The summed E-state index contributed by atoms with van der Waals surface area (Å²) < 4.78 is 0. The van der Waals surface area contributed by atoms with E-state index in [2.05, 4.69) is 32.9 Å². The Balaban J connectivity index is 1.80. The van der Waals surface area contributed by atoms with Gasteiger partial charge in [0, 0.05) is 38.5 Å². The van der Waals surface area contributed by atoms with Crippen LogP contribution in [0, 0.1) is 11.3 Å². The lowest BCUT2D eigenvalue weighted by Crippen LogP contribution is -2.38. The van der Waals surface area contributed by atoms with E-state index >= 15 is 0 Å². The fourth-order valence-electron chi connectivity index (χ4n) is 4.03. The first kappa shape index (κ1) is 18.0. The lowest BCUT2D eigenvalue weighted by atomic mass is 9.88. The molecule has 0 unspecified atom stereocenters. The zero-order valence-corrected chi connectivity index (χ0v) is 15.7. The number of carbonyl (C=O) groups is 2. The molecule has 0 spiro atoms. The van der Waals surface area contributed by atoms with Gasteiger partial charge in [-0.1, -0.05) is 51.1 Å². The molecule has 0 bridgehead atoms. The summed E-state index contributed by atoms with van der Waals surface area (Å²) >= 11 is 0. The van der Waals surface area contributed by atoms with Gasteiger partial charge in [-0.25, -0.2) is 0 Å². The van der Waals surface area contributed by atoms with E-state index in [9.17, 15) is 9.59 Å². The summed E-state index contributed by atoms with van der Waals surface area (Å²) in [5, 5.41) is 0. The fourth-order valence-corrected chi connectivity index (χ4v) is 4.03. The van der Waals surface area contributed by atoms with Gasteiger partial charge in [-0.15, -0.1) is 0 Å². The predicted molar refractivity (Wildman–Crippen MR) is 99.1 cm³/mol. The summed E-state index contributed by atoms with van der Waals surface area (Å²) in [7, 11) is 0. The Morgan fingerprint density at radius 2 is 1.64 bits per heavy atom. The van der Waals surface area contributed by atoms with Crippen LogP contribution in [-0.4, -0.2) is 47.8 Å². The van der Waals surface area contributed by atoms with E-state index in [0.29, 0.717) is 19.5 Å². The first-order valence-electron chi connectivity index (χ1n) is 9.47. The number of benzene rings is 1. The Hall–Kier alpha value is -1.84. The monoisotopic (exact) mass is 342 g/mol. The molecule has 2 fully saturated rings. The number of likely N-dealkylation sites (tertiary alicyclic amines) is 2. The molecule has 2 amide bonds. The Labute approximate surface area is 151 Å². The molecule has 2 heterocycles. The topological polar surface area (TPSA) is 40.6 Å². The second-order valence-corrected chi connectivity index (χ2v) is 8.69. The molecule has 1 aromatic carbocycles. The molecule has 1 aromatic rings. The molecular weight excluding hydrogens is 312 g/mol. The fraction of sp³-hybridized carbons (Fsp3) is 0.619. The number of nitrogens with zero attached hydrogens (tertiary/aromatic N) is 2. The van der Waals surface area contributed by atoms with Crippen LogP contribution in [0.1, 0.15) is 51.5 Å². The van der Waals surface area contributed by atoms with Crippen molar-refractivity contribution in [3.05, 3.63) is 35.9 Å². The quantitative estimate of drug-likeness (QED) is 0.846. The van der Waals surface area contributed by atoms with Crippen molar-refractivity contribution in [2.45, 2.75) is 46.0 Å². The van der Waals surface area contributed by atoms with Gasteiger partial charge in [0.15, 0.2) is 0 Å². The Bertz CT molecular complexity index is 615. The van der Waals surface area contributed by atoms with E-state index in [1.54, 1.807) is 0 Å². The first-order valence-corrected chi connectivity index (χ1v) is 9.47. The van der Waals surface area contributed by atoms with Gasteiger partial charge in [0.1, 0.15) is 0 Å². The SMILES string of the molecule is CC(C)(C)CC(=O)N1C[C@H](c2ccccc2)[C@H](C(=O)N2CCCC2)C1. The van der Waals surface area contributed by atoms with E-state index in [-0.39, 0.29) is 29.1 Å². The second kappa shape index (κ2) is 7.19. The Morgan fingerprint density at radius 1 is 1.00 bits per heavy atom. The van der Waals surface area contributed by atoms with Crippen molar-refractivity contribution in [2.75, 3.05) is 26.2 Å². The molecule has 136 valence electrons. The van der Waals surface area contributed by atoms with Crippen LogP contribution in [0.3, 0.4) is 0 Å². The van der Waals surface area contributed by atoms with Gasteiger partial charge < -0.3 is 9.80 Å². The highest BCUT2D eigenvalue weighted by Gasteiger charge is 2.42. The number of rotatable bonds is 3. The van der Waals surface area contributed by atoms with Crippen molar-refractivity contribution in [1.29, 1.82) is 0 Å². The van der Waals surface area contributed by atoms with Crippen LogP contribution in [0.4, 0.5) is 0 Å². The van der Waals surface area contributed by atoms with Crippen molar-refractivity contribution in [3.8, 4) is 0 Å². The van der Waals surface area contributed by atoms with Crippen LogP contribution in [0.2, 0.25) is 0 Å². The Kier molecular flexibility index (Phi) is 5.16. The van der Waals surface area contributed by atoms with Crippen LogP contribution in [0.15, 0.2) is 30.3 Å². The van der Waals surface area contributed by atoms with E-state index in [0.717, 1.165) is 25.9 Å². The van der Waals surface area contributed by atoms with Gasteiger partial charge in [0.05, 0.1) is 5.92 Å². The van der Waals surface area contributed by atoms with Crippen LogP contribution in [0.5, 0.6) is 0 Å². The van der Waals surface area contributed by atoms with Crippen molar-refractivity contribution >= 4 is 11.8 Å². The zero-order chi connectivity index (χ0) is 18.0. The molecule has 0 aliphatic carbocycles. The molecule has 25 heavy (non-hydrogen) atoms. The number of hydrogen-bond acceptors (Lipinski definition) is 2. The second-order valence-electron chi connectivity index (χ2n) is 8.69. The summed E-state index contributed by atoms with van der Waals surface area (Å²) in [5.41, 5.74) is 1.14. The van der Waals surface area contributed by atoms with E-state index < -0.39 is 0 Å². The normalized spacial score (nSPS) is 24.0. The summed E-state index contributed by atoms with van der Waals surface area (Å²) in [5.74, 6) is 0.408. The molecule has 2 aliphatic rings. The molecular formula is C21H30N2O2. The Morgan fingerprint density at radius 3 is 2.24 bits per heavy atom. The third-order valence-corrected chi connectivity index (χ3v) is 5.32. The minimum absolute atomic E-state index is 0.0314. The average molecular weight is 342 g/mol. The third kappa shape index (κ3) is 4.23. The summed E-state index contributed by atoms with van der Waals surface area (Å²) in [6.45, 7) is 9.21. The van der Waals surface area contributed by atoms with Crippen molar-refractivity contribution in [3.63, 3.8) is 0 Å².